The number of phenols is 1. The molecule has 0 saturated heterocycles. The Morgan fingerprint density at radius 1 is 1.62 bits per heavy atom. The highest BCUT2D eigenvalue weighted by Gasteiger charge is 2.19. The maximum atomic E-state index is 10.8. The molecule has 0 aromatic heterocycles. The molecule has 0 heterocycles. The summed E-state index contributed by atoms with van der Waals surface area (Å²) in [5.74, 6) is -0.301. The van der Waals surface area contributed by atoms with Crippen LogP contribution in [0.25, 0.3) is 0 Å². The van der Waals surface area contributed by atoms with Gasteiger partial charge < -0.3 is 21.3 Å². The molecule has 0 radical (unpaired) electrons. The Labute approximate surface area is 102 Å². The van der Waals surface area contributed by atoms with Gasteiger partial charge in [0.1, 0.15) is 0 Å². The van der Waals surface area contributed by atoms with E-state index in [0.29, 0.717) is 15.8 Å². The van der Waals surface area contributed by atoms with E-state index in [9.17, 15) is 9.90 Å². The number of methoxy groups -OCH3 is 1. The second-order valence-corrected chi connectivity index (χ2v) is 4.14. The average Bonchev–Trinajstić information content (AvgIpc) is 2.16. The van der Waals surface area contributed by atoms with E-state index in [1.807, 2.05) is 0 Å². The summed E-state index contributed by atoms with van der Waals surface area (Å²) in [4.78, 5) is 10.8. The first-order valence-electron chi connectivity index (χ1n) is 4.56. The second kappa shape index (κ2) is 5.18. The summed E-state index contributed by atoms with van der Waals surface area (Å²) in [6.07, 6.45) is -0.0423. The van der Waals surface area contributed by atoms with Crippen molar-refractivity contribution in [1.82, 2.24) is 0 Å². The first-order chi connectivity index (χ1) is 7.47. The minimum Gasteiger partial charge on any atom is -0.504 e. The summed E-state index contributed by atoms with van der Waals surface area (Å²) in [7, 11) is 1.44. The van der Waals surface area contributed by atoms with Gasteiger partial charge in [0.2, 0.25) is 5.91 Å². The zero-order chi connectivity index (χ0) is 12.3. The highest BCUT2D eigenvalue weighted by Crippen LogP contribution is 2.38. The van der Waals surface area contributed by atoms with Gasteiger partial charge in [0.25, 0.3) is 0 Å². The molecule has 0 aliphatic heterocycles. The fourth-order valence-corrected chi connectivity index (χ4v) is 2.01. The van der Waals surface area contributed by atoms with Crippen LogP contribution in [0.5, 0.6) is 11.5 Å². The molecule has 1 rings (SSSR count). The first-order valence-corrected chi connectivity index (χ1v) is 5.36. The minimum absolute atomic E-state index is 0.0423. The van der Waals surface area contributed by atoms with Crippen molar-refractivity contribution in [1.29, 1.82) is 0 Å². The van der Waals surface area contributed by atoms with Crippen LogP contribution in [0.1, 0.15) is 18.0 Å². The van der Waals surface area contributed by atoms with Crippen LogP contribution in [0.15, 0.2) is 16.6 Å². The van der Waals surface area contributed by atoms with Crippen molar-refractivity contribution >= 4 is 21.8 Å². The largest absolute Gasteiger partial charge is 0.504 e. The quantitative estimate of drug-likeness (QED) is 0.771. The number of amides is 1. The number of nitrogens with two attached hydrogens (primary N) is 2. The van der Waals surface area contributed by atoms with E-state index in [-0.39, 0.29) is 12.2 Å². The van der Waals surface area contributed by atoms with Crippen LogP contribution in [-0.2, 0) is 4.79 Å². The summed E-state index contributed by atoms with van der Waals surface area (Å²) in [5.41, 5.74) is 11.2. The van der Waals surface area contributed by atoms with Crippen LogP contribution in [-0.4, -0.2) is 18.1 Å². The van der Waals surface area contributed by atoms with Gasteiger partial charge in [-0.15, -0.1) is 0 Å². The Hall–Kier alpha value is -1.27. The number of ether oxygens (including phenoxy) is 1. The molecule has 1 aromatic rings. The van der Waals surface area contributed by atoms with E-state index in [1.165, 1.54) is 7.11 Å². The number of halogens is 1. The molecule has 5 nitrogen and oxygen atoms in total. The van der Waals surface area contributed by atoms with Crippen LogP contribution < -0.4 is 16.2 Å². The molecule has 0 fully saturated rings. The van der Waals surface area contributed by atoms with Crippen molar-refractivity contribution in [2.24, 2.45) is 11.5 Å². The predicted molar refractivity (Wildman–Crippen MR) is 63.1 cm³/mol. The van der Waals surface area contributed by atoms with E-state index in [4.69, 9.17) is 16.2 Å². The van der Waals surface area contributed by atoms with Gasteiger partial charge in [0.15, 0.2) is 11.5 Å². The lowest BCUT2D eigenvalue weighted by molar-refractivity contribution is -0.118. The van der Waals surface area contributed by atoms with E-state index >= 15 is 0 Å². The topological polar surface area (TPSA) is 98.6 Å². The van der Waals surface area contributed by atoms with Gasteiger partial charge in [-0.25, -0.2) is 0 Å². The molecule has 16 heavy (non-hydrogen) atoms. The molecule has 1 aromatic carbocycles. The maximum absolute atomic E-state index is 10.8. The van der Waals surface area contributed by atoms with Crippen molar-refractivity contribution in [3.05, 3.63) is 22.2 Å². The highest BCUT2D eigenvalue weighted by atomic mass is 79.9. The lowest BCUT2D eigenvalue weighted by Crippen LogP contribution is -2.21. The number of phenolic OH excluding ortho intramolecular Hbond substituents is 1. The Kier molecular flexibility index (Phi) is 4.14. The van der Waals surface area contributed by atoms with E-state index in [0.717, 1.165) is 0 Å². The van der Waals surface area contributed by atoms with Gasteiger partial charge in [0, 0.05) is 22.5 Å². The molecule has 0 spiro atoms. The van der Waals surface area contributed by atoms with Crippen molar-refractivity contribution < 1.29 is 14.6 Å². The normalized spacial score (nSPS) is 12.2. The van der Waals surface area contributed by atoms with Gasteiger partial charge in [-0.05, 0) is 12.1 Å². The third kappa shape index (κ3) is 2.65. The third-order valence-corrected chi connectivity index (χ3v) is 2.83. The Bertz CT molecular complexity index is 409. The molecule has 0 bridgehead atoms. The summed E-state index contributed by atoms with van der Waals surface area (Å²) < 4.78 is 5.56. The minimum atomic E-state index is -0.665. The molecule has 0 aliphatic carbocycles. The van der Waals surface area contributed by atoms with Gasteiger partial charge in [-0.2, -0.15) is 0 Å². The van der Waals surface area contributed by atoms with Crippen LogP contribution in [0.3, 0.4) is 0 Å². The van der Waals surface area contributed by atoms with Crippen LogP contribution in [0.4, 0.5) is 0 Å². The molecular weight excluding hydrogens is 276 g/mol. The summed E-state index contributed by atoms with van der Waals surface area (Å²) in [6, 6.07) is 2.62. The van der Waals surface area contributed by atoms with Crippen LogP contribution >= 0.6 is 15.9 Å². The number of carbonyl (C=O) groups excluding carboxylic acids is 1. The lowest BCUT2D eigenvalue weighted by atomic mass is 10.0. The number of hydrogen-bond acceptors (Lipinski definition) is 4. The molecule has 5 N–H and O–H groups in total. The summed E-state index contributed by atoms with van der Waals surface area (Å²) in [6.45, 7) is 0. The highest BCUT2D eigenvalue weighted by molar-refractivity contribution is 9.10. The maximum Gasteiger partial charge on any atom is 0.219 e. The smallest absolute Gasteiger partial charge is 0.219 e. The van der Waals surface area contributed by atoms with Crippen molar-refractivity contribution in [2.75, 3.05) is 7.11 Å². The third-order valence-electron chi connectivity index (χ3n) is 2.14. The van der Waals surface area contributed by atoms with E-state index in [2.05, 4.69) is 15.9 Å². The fourth-order valence-electron chi connectivity index (χ4n) is 1.40. The molecule has 1 amide bonds. The summed E-state index contributed by atoms with van der Waals surface area (Å²) in [5, 5.41) is 9.87. The van der Waals surface area contributed by atoms with Crippen molar-refractivity contribution in [3.63, 3.8) is 0 Å². The second-order valence-electron chi connectivity index (χ2n) is 3.29. The zero-order valence-corrected chi connectivity index (χ0v) is 10.3. The van der Waals surface area contributed by atoms with E-state index < -0.39 is 11.9 Å². The fraction of sp³-hybridized carbons (Fsp3) is 0.300. The zero-order valence-electron chi connectivity index (χ0n) is 8.74. The average molecular weight is 289 g/mol. The molecule has 0 aliphatic rings. The molecule has 6 heteroatoms. The standard InChI is InChI=1S/C10H13BrN2O3/c1-16-7-3-2-5(11)9(10(7)15)6(12)4-8(13)14/h2-3,6,15H,4,12H2,1H3,(H2,13,14). The van der Waals surface area contributed by atoms with Gasteiger partial charge in [0.05, 0.1) is 7.11 Å². The molecular formula is C10H13BrN2O3. The van der Waals surface area contributed by atoms with Gasteiger partial charge >= 0.3 is 0 Å². The van der Waals surface area contributed by atoms with Crippen LogP contribution in [0, 0.1) is 0 Å². The van der Waals surface area contributed by atoms with Crippen molar-refractivity contribution in [3.8, 4) is 11.5 Å². The summed E-state index contributed by atoms with van der Waals surface area (Å²) >= 11 is 3.25. The molecule has 1 unspecified atom stereocenters. The lowest BCUT2D eigenvalue weighted by Gasteiger charge is -2.16. The number of carbonyl (C=O) groups is 1. The molecule has 88 valence electrons. The number of primary amides is 1. The first kappa shape index (κ1) is 12.8. The Morgan fingerprint density at radius 3 is 2.75 bits per heavy atom. The van der Waals surface area contributed by atoms with Gasteiger partial charge in [-0.1, -0.05) is 15.9 Å². The Balaban J connectivity index is 3.15. The number of benzene rings is 1. The SMILES string of the molecule is COc1ccc(Br)c(C(N)CC(N)=O)c1O. The number of aromatic hydroxyl groups is 1. The van der Waals surface area contributed by atoms with Crippen molar-refractivity contribution in [2.45, 2.75) is 12.5 Å². The number of hydrogen-bond donors (Lipinski definition) is 3. The van der Waals surface area contributed by atoms with Gasteiger partial charge in [-0.3, -0.25) is 4.79 Å². The monoisotopic (exact) mass is 288 g/mol. The van der Waals surface area contributed by atoms with Crippen LogP contribution in [0.2, 0.25) is 0 Å². The predicted octanol–water partition coefficient (Wildman–Crippen LogP) is 1.04. The molecule has 0 saturated carbocycles. The molecule has 1 atom stereocenters. The Morgan fingerprint density at radius 2 is 2.25 bits per heavy atom. The number of rotatable bonds is 4. The van der Waals surface area contributed by atoms with E-state index in [1.54, 1.807) is 12.1 Å².